The number of aldehydes is 1. The van der Waals surface area contributed by atoms with Crippen LogP contribution in [0, 0.1) is 0 Å². The summed E-state index contributed by atoms with van der Waals surface area (Å²) in [6.07, 6.45) is 0.672. The molecule has 0 bridgehead atoms. The van der Waals surface area contributed by atoms with Gasteiger partial charge in [0.15, 0.2) is 12.2 Å². The number of methoxy groups -OCH3 is 1. The van der Waals surface area contributed by atoms with E-state index in [-0.39, 0.29) is 11.9 Å². The first kappa shape index (κ1) is 25.6. The van der Waals surface area contributed by atoms with Gasteiger partial charge in [0.2, 0.25) is 12.1 Å². The van der Waals surface area contributed by atoms with Gasteiger partial charge < -0.3 is 24.8 Å². The first-order valence-corrected chi connectivity index (χ1v) is 11.9. The van der Waals surface area contributed by atoms with Crippen molar-refractivity contribution in [2.24, 2.45) is 10.7 Å². The van der Waals surface area contributed by atoms with Crippen LogP contribution in [-0.2, 0) is 16.1 Å². The Labute approximate surface area is 216 Å². The van der Waals surface area contributed by atoms with Gasteiger partial charge in [-0.3, -0.25) is 14.5 Å². The van der Waals surface area contributed by atoms with Crippen LogP contribution in [-0.4, -0.2) is 50.0 Å². The molecule has 0 saturated heterocycles. The maximum Gasteiger partial charge on any atom is 0.231 e. The molecule has 0 saturated carbocycles. The SMILES string of the molecule is COc1ccc(OC(C=O)N2Cc3cc(OCCCC(=O)N(C)c4ccccc4)ccc3N=C2N)cc1. The second-order valence-electron chi connectivity index (χ2n) is 8.45. The van der Waals surface area contributed by atoms with E-state index in [9.17, 15) is 9.59 Å². The molecule has 0 aliphatic carbocycles. The fourth-order valence-corrected chi connectivity index (χ4v) is 3.90. The lowest BCUT2D eigenvalue weighted by atomic mass is 10.1. The molecule has 1 amide bonds. The normalized spacial score (nSPS) is 13.1. The highest BCUT2D eigenvalue weighted by molar-refractivity contribution is 5.92. The highest BCUT2D eigenvalue weighted by Gasteiger charge is 2.27. The summed E-state index contributed by atoms with van der Waals surface area (Å²) in [5.74, 6) is 2.05. The summed E-state index contributed by atoms with van der Waals surface area (Å²) in [5, 5.41) is 0. The second kappa shape index (κ2) is 11.9. The number of hydrogen-bond donors (Lipinski definition) is 1. The van der Waals surface area contributed by atoms with Crippen LogP contribution in [0.2, 0.25) is 0 Å². The number of anilines is 1. The van der Waals surface area contributed by atoms with Gasteiger partial charge in [-0.15, -0.1) is 0 Å². The zero-order valence-corrected chi connectivity index (χ0v) is 20.9. The number of ether oxygens (including phenoxy) is 3. The topological polar surface area (TPSA) is 107 Å². The van der Waals surface area contributed by atoms with Gasteiger partial charge in [0.25, 0.3) is 0 Å². The number of nitrogens with two attached hydrogens (primary N) is 1. The third-order valence-electron chi connectivity index (χ3n) is 5.98. The number of hydrogen-bond acceptors (Lipinski definition) is 8. The Morgan fingerprint density at radius 1 is 1.08 bits per heavy atom. The Kier molecular flexibility index (Phi) is 8.25. The number of carbonyl (C=O) groups excluding carboxylic acids is 2. The molecule has 3 aromatic carbocycles. The van der Waals surface area contributed by atoms with Gasteiger partial charge in [-0.2, -0.15) is 0 Å². The summed E-state index contributed by atoms with van der Waals surface area (Å²) in [5.41, 5.74) is 8.56. The van der Waals surface area contributed by atoms with Gasteiger partial charge >= 0.3 is 0 Å². The van der Waals surface area contributed by atoms with Crippen LogP contribution < -0.4 is 24.8 Å². The summed E-state index contributed by atoms with van der Waals surface area (Å²) >= 11 is 0. The van der Waals surface area contributed by atoms with Crippen LogP contribution >= 0.6 is 0 Å². The largest absolute Gasteiger partial charge is 0.497 e. The molecule has 1 unspecified atom stereocenters. The predicted molar refractivity (Wildman–Crippen MR) is 141 cm³/mol. The van der Waals surface area contributed by atoms with Crippen molar-refractivity contribution < 1.29 is 23.8 Å². The number of fused-ring (bicyclic) bond motifs is 1. The fraction of sp³-hybridized carbons (Fsp3) is 0.250. The first-order chi connectivity index (χ1) is 18.0. The number of rotatable bonds is 11. The van der Waals surface area contributed by atoms with Gasteiger partial charge in [-0.1, -0.05) is 18.2 Å². The van der Waals surface area contributed by atoms with Crippen molar-refractivity contribution >= 4 is 29.5 Å². The van der Waals surface area contributed by atoms with Gasteiger partial charge in [0.05, 0.1) is 25.9 Å². The minimum atomic E-state index is -0.956. The van der Waals surface area contributed by atoms with Crippen molar-refractivity contribution in [1.29, 1.82) is 0 Å². The number of aliphatic imine (C=N–C) groups is 1. The number of guanidine groups is 1. The summed E-state index contributed by atoms with van der Waals surface area (Å²) in [4.78, 5) is 32.0. The molecule has 9 nitrogen and oxygen atoms in total. The Hall–Kier alpha value is -4.53. The van der Waals surface area contributed by atoms with Crippen LogP contribution in [0.5, 0.6) is 17.2 Å². The molecule has 0 fully saturated rings. The Morgan fingerprint density at radius 3 is 2.49 bits per heavy atom. The number of para-hydroxylation sites is 1. The predicted octanol–water partition coefficient (Wildman–Crippen LogP) is 3.88. The van der Waals surface area contributed by atoms with E-state index in [0.29, 0.717) is 55.2 Å². The molecular weight excluding hydrogens is 472 g/mol. The van der Waals surface area contributed by atoms with E-state index in [2.05, 4.69) is 4.99 Å². The number of carbonyl (C=O) groups is 2. The molecule has 1 aliphatic heterocycles. The van der Waals surface area contributed by atoms with E-state index in [1.165, 1.54) is 0 Å². The summed E-state index contributed by atoms with van der Waals surface area (Å²) in [7, 11) is 3.35. The molecule has 37 heavy (non-hydrogen) atoms. The lowest BCUT2D eigenvalue weighted by molar-refractivity contribution is -0.119. The minimum absolute atomic E-state index is 0.0254. The fourth-order valence-electron chi connectivity index (χ4n) is 3.90. The van der Waals surface area contributed by atoms with E-state index < -0.39 is 6.23 Å². The molecule has 4 rings (SSSR count). The Balaban J connectivity index is 1.33. The Morgan fingerprint density at radius 2 is 1.78 bits per heavy atom. The smallest absolute Gasteiger partial charge is 0.231 e. The van der Waals surface area contributed by atoms with Crippen molar-refractivity contribution in [3.63, 3.8) is 0 Å². The molecule has 0 aromatic heterocycles. The third kappa shape index (κ3) is 6.38. The molecule has 9 heteroatoms. The van der Waals surface area contributed by atoms with Gasteiger partial charge in [-0.25, -0.2) is 4.99 Å². The van der Waals surface area contributed by atoms with Crippen molar-refractivity contribution in [2.45, 2.75) is 25.6 Å². The van der Waals surface area contributed by atoms with Crippen LogP contribution in [0.4, 0.5) is 11.4 Å². The monoisotopic (exact) mass is 502 g/mol. The summed E-state index contributed by atoms with van der Waals surface area (Å²) in [6, 6.07) is 22.0. The zero-order chi connectivity index (χ0) is 26.2. The number of benzene rings is 3. The quantitative estimate of drug-likeness (QED) is 0.313. The lowest BCUT2D eigenvalue weighted by Crippen LogP contribution is -2.49. The third-order valence-corrected chi connectivity index (χ3v) is 5.98. The molecule has 1 aliphatic rings. The van der Waals surface area contributed by atoms with Gasteiger partial charge in [0, 0.05) is 24.7 Å². The number of amides is 1. The van der Waals surface area contributed by atoms with E-state index >= 15 is 0 Å². The van der Waals surface area contributed by atoms with Gasteiger partial charge in [-0.05, 0) is 61.0 Å². The summed E-state index contributed by atoms with van der Waals surface area (Å²) in [6.45, 7) is 0.710. The zero-order valence-electron chi connectivity index (χ0n) is 20.9. The van der Waals surface area contributed by atoms with Crippen molar-refractivity contribution in [2.75, 3.05) is 25.7 Å². The van der Waals surface area contributed by atoms with Crippen molar-refractivity contribution in [3.05, 3.63) is 78.4 Å². The minimum Gasteiger partial charge on any atom is -0.497 e. The average Bonchev–Trinajstić information content (AvgIpc) is 2.94. The van der Waals surface area contributed by atoms with E-state index in [1.807, 2.05) is 48.5 Å². The highest BCUT2D eigenvalue weighted by Crippen LogP contribution is 2.30. The van der Waals surface area contributed by atoms with Crippen LogP contribution in [0.15, 0.2) is 77.8 Å². The van der Waals surface area contributed by atoms with E-state index in [0.717, 1.165) is 11.3 Å². The molecule has 1 atom stereocenters. The maximum absolute atomic E-state index is 12.5. The molecular formula is C28H30N4O5. The van der Waals surface area contributed by atoms with E-state index in [4.69, 9.17) is 19.9 Å². The summed E-state index contributed by atoms with van der Waals surface area (Å²) < 4.78 is 16.9. The maximum atomic E-state index is 12.5. The average molecular weight is 503 g/mol. The second-order valence-corrected chi connectivity index (χ2v) is 8.45. The lowest BCUT2D eigenvalue weighted by Gasteiger charge is -2.32. The molecule has 192 valence electrons. The van der Waals surface area contributed by atoms with Crippen LogP contribution in [0.3, 0.4) is 0 Å². The molecule has 0 spiro atoms. The van der Waals surface area contributed by atoms with Gasteiger partial charge in [0.1, 0.15) is 17.2 Å². The highest BCUT2D eigenvalue weighted by atomic mass is 16.5. The molecule has 3 aromatic rings. The molecule has 2 N–H and O–H groups in total. The van der Waals surface area contributed by atoms with Crippen LogP contribution in [0.25, 0.3) is 0 Å². The Bertz CT molecular complexity index is 1250. The van der Waals surface area contributed by atoms with E-state index in [1.54, 1.807) is 48.2 Å². The number of nitrogens with zero attached hydrogens (tertiary/aromatic N) is 3. The first-order valence-electron chi connectivity index (χ1n) is 11.9. The molecule has 1 heterocycles. The van der Waals surface area contributed by atoms with Crippen molar-refractivity contribution in [1.82, 2.24) is 4.90 Å². The molecule has 0 radical (unpaired) electrons. The van der Waals surface area contributed by atoms with Crippen molar-refractivity contribution in [3.8, 4) is 17.2 Å². The van der Waals surface area contributed by atoms with Crippen LogP contribution in [0.1, 0.15) is 18.4 Å². The standard InChI is InChI=1S/C28H30N4O5/c1-31(21-7-4-3-5-8-21)26(34)9-6-16-36-24-14-15-25-20(17-24)18-32(28(29)30-25)27(19-33)37-23-12-10-22(35-2)11-13-23/h3-5,7-8,10-15,17,19,27H,6,9,16,18H2,1-2H3,(H2,29,30).